The van der Waals surface area contributed by atoms with Crippen molar-refractivity contribution < 1.29 is 9.59 Å². The van der Waals surface area contributed by atoms with E-state index in [9.17, 15) is 9.59 Å². The summed E-state index contributed by atoms with van der Waals surface area (Å²) in [5.41, 5.74) is 0. The van der Waals surface area contributed by atoms with E-state index in [1.54, 1.807) is 6.20 Å². The average molecular weight is 251 g/mol. The van der Waals surface area contributed by atoms with E-state index in [-0.39, 0.29) is 17.7 Å². The number of nitrogens with zero attached hydrogens (tertiary/aromatic N) is 1. The summed E-state index contributed by atoms with van der Waals surface area (Å²) < 4.78 is 0. The maximum atomic E-state index is 11.4. The van der Waals surface area contributed by atoms with Crippen LogP contribution in [0.25, 0.3) is 0 Å². The number of rotatable bonds is 4. The predicted molar refractivity (Wildman–Crippen MR) is 64.7 cm³/mol. The molecule has 0 aromatic carbocycles. The third-order valence-corrected chi connectivity index (χ3v) is 3.10. The molecule has 1 fully saturated rings. The summed E-state index contributed by atoms with van der Waals surface area (Å²) in [6.45, 7) is 0. The third-order valence-electron chi connectivity index (χ3n) is 2.15. The van der Waals surface area contributed by atoms with E-state index < -0.39 is 6.03 Å². The van der Waals surface area contributed by atoms with Gasteiger partial charge >= 0.3 is 6.03 Å². The average Bonchev–Trinajstić information content (AvgIpc) is 3.11. The van der Waals surface area contributed by atoms with Gasteiger partial charge < -0.3 is 5.32 Å². The fraction of sp³-hybridized carbons (Fsp3) is 0.364. The topological polar surface area (TPSA) is 71.1 Å². The van der Waals surface area contributed by atoms with Gasteiger partial charge in [-0.2, -0.15) is 0 Å². The molecule has 2 rings (SSSR count). The van der Waals surface area contributed by atoms with Gasteiger partial charge in [0.1, 0.15) is 0 Å². The summed E-state index contributed by atoms with van der Waals surface area (Å²) in [6.07, 6.45) is 3.68. The van der Waals surface area contributed by atoms with E-state index in [1.165, 1.54) is 11.8 Å². The van der Waals surface area contributed by atoms with E-state index in [1.807, 2.05) is 18.2 Å². The molecule has 0 unspecified atom stereocenters. The zero-order chi connectivity index (χ0) is 12.1. The number of carbonyl (C=O) groups is 2. The number of nitrogens with one attached hydrogen (secondary N) is 2. The molecule has 0 bridgehead atoms. The normalized spacial score (nSPS) is 14.1. The van der Waals surface area contributed by atoms with Crippen molar-refractivity contribution in [2.45, 2.75) is 23.9 Å². The number of imide groups is 1. The van der Waals surface area contributed by atoms with E-state index >= 15 is 0 Å². The molecule has 0 atom stereocenters. The van der Waals surface area contributed by atoms with Gasteiger partial charge in [0.2, 0.25) is 5.91 Å². The Balaban J connectivity index is 1.68. The lowest BCUT2D eigenvalue weighted by Gasteiger charge is -2.04. The van der Waals surface area contributed by atoms with Gasteiger partial charge in [-0.3, -0.25) is 10.1 Å². The number of thioether (sulfide) groups is 1. The molecule has 0 spiro atoms. The standard InChI is InChI=1S/C11H13N3O2S/c15-9(14-11(16)13-8-4-5-8)7-17-10-3-1-2-6-12-10/h1-3,6,8H,4-5,7H2,(H2,13,14,15,16). The summed E-state index contributed by atoms with van der Waals surface area (Å²) in [7, 11) is 0. The van der Waals surface area contributed by atoms with Gasteiger partial charge in [0.05, 0.1) is 10.8 Å². The molecule has 17 heavy (non-hydrogen) atoms. The lowest BCUT2D eigenvalue weighted by atomic mass is 10.5. The quantitative estimate of drug-likeness (QED) is 0.788. The smallest absolute Gasteiger partial charge is 0.321 e. The van der Waals surface area contributed by atoms with Crippen molar-refractivity contribution in [3.05, 3.63) is 24.4 Å². The van der Waals surface area contributed by atoms with Crippen LogP contribution in [0.2, 0.25) is 0 Å². The van der Waals surface area contributed by atoms with Crippen LogP contribution in [0.3, 0.4) is 0 Å². The number of pyridine rings is 1. The Bertz CT molecular complexity index is 406. The molecule has 6 heteroatoms. The summed E-state index contributed by atoms with van der Waals surface area (Å²) in [4.78, 5) is 26.7. The highest BCUT2D eigenvalue weighted by molar-refractivity contribution is 7.99. The fourth-order valence-corrected chi connectivity index (χ4v) is 1.85. The van der Waals surface area contributed by atoms with Crippen molar-refractivity contribution in [3.8, 4) is 0 Å². The highest BCUT2D eigenvalue weighted by Gasteiger charge is 2.23. The first kappa shape index (κ1) is 11.9. The third kappa shape index (κ3) is 4.44. The molecule has 0 aliphatic heterocycles. The van der Waals surface area contributed by atoms with Crippen molar-refractivity contribution in [1.82, 2.24) is 15.6 Å². The van der Waals surface area contributed by atoms with Crippen LogP contribution in [-0.4, -0.2) is 28.7 Å². The van der Waals surface area contributed by atoms with Crippen LogP contribution < -0.4 is 10.6 Å². The van der Waals surface area contributed by atoms with Crippen molar-refractivity contribution in [2.75, 3.05) is 5.75 Å². The van der Waals surface area contributed by atoms with Gasteiger partial charge in [-0.15, -0.1) is 0 Å². The second-order valence-electron chi connectivity index (χ2n) is 3.75. The van der Waals surface area contributed by atoms with E-state index in [0.29, 0.717) is 0 Å². The van der Waals surface area contributed by atoms with Crippen LogP contribution in [0.1, 0.15) is 12.8 Å². The second-order valence-corrected chi connectivity index (χ2v) is 4.75. The zero-order valence-corrected chi connectivity index (χ0v) is 10.00. The van der Waals surface area contributed by atoms with Crippen LogP contribution >= 0.6 is 11.8 Å². The first-order valence-electron chi connectivity index (χ1n) is 5.38. The van der Waals surface area contributed by atoms with E-state index in [4.69, 9.17) is 0 Å². The van der Waals surface area contributed by atoms with Gasteiger partial charge in [-0.05, 0) is 25.0 Å². The van der Waals surface area contributed by atoms with Crippen molar-refractivity contribution in [1.29, 1.82) is 0 Å². The number of carbonyl (C=O) groups excluding carboxylic acids is 2. The van der Waals surface area contributed by atoms with Crippen LogP contribution in [0, 0.1) is 0 Å². The van der Waals surface area contributed by atoms with Gasteiger partial charge in [-0.1, -0.05) is 17.8 Å². The first-order valence-corrected chi connectivity index (χ1v) is 6.37. The van der Waals surface area contributed by atoms with Crippen LogP contribution in [0.5, 0.6) is 0 Å². The van der Waals surface area contributed by atoms with Crippen LogP contribution in [0.15, 0.2) is 29.4 Å². The zero-order valence-electron chi connectivity index (χ0n) is 9.18. The minimum absolute atomic E-state index is 0.190. The lowest BCUT2D eigenvalue weighted by molar-refractivity contribution is -0.117. The monoisotopic (exact) mass is 251 g/mol. The number of hydrogen-bond acceptors (Lipinski definition) is 4. The van der Waals surface area contributed by atoms with Gasteiger partial charge in [-0.25, -0.2) is 9.78 Å². The maximum absolute atomic E-state index is 11.4. The Kier molecular flexibility index (Phi) is 3.98. The molecule has 1 aliphatic rings. The van der Waals surface area contributed by atoms with Crippen molar-refractivity contribution in [2.24, 2.45) is 0 Å². The van der Waals surface area contributed by atoms with Crippen molar-refractivity contribution in [3.63, 3.8) is 0 Å². The van der Waals surface area contributed by atoms with Crippen molar-refractivity contribution >= 4 is 23.7 Å². The maximum Gasteiger partial charge on any atom is 0.321 e. The fourth-order valence-electron chi connectivity index (χ4n) is 1.18. The molecular weight excluding hydrogens is 238 g/mol. The van der Waals surface area contributed by atoms with Gasteiger partial charge in [0.25, 0.3) is 0 Å². The highest BCUT2D eigenvalue weighted by Crippen LogP contribution is 2.18. The van der Waals surface area contributed by atoms with Crippen LogP contribution in [0.4, 0.5) is 4.79 Å². The van der Waals surface area contributed by atoms with Gasteiger partial charge in [0.15, 0.2) is 0 Å². The summed E-state index contributed by atoms with van der Waals surface area (Å²) in [5, 5.41) is 5.74. The molecule has 1 saturated carbocycles. The molecule has 1 aromatic rings. The minimum atomic E-state index is -0.404. The molecule has 0 saturated heterocycles. The molecule has 1 aliphatic carbocycles. The Labute approximate surface area is 103 Å². The molecule has 2 N–H and O–H groups in total. The lowest BCUT2D eigenvalue weighted by Crippen LogP contribution is -2.41. The number of amides is 3. The van der Waals surface area contributed by atoms with E-state index in [2.05, 4.69) is 15.6 Å². The van der Waals surface area contributed by atoms with Crippen LogP contribution in [-0.2, 0) is 4.79 Å². The molecule has 5 nitrogen and oxygen atoms in total. The molecule has 0 radical (unpaired) electrons. The molecule has 90 valence electrons. The first-order chi connectivity index (χ1) is 8.24. The van der Waals surface area contributed by atoms with Gasteiger partial charge in [0, 0.05) is 12.2 Å². The SMILES string of the molecule is O=C(CSc1ccccn1)NC(=O)NC1CC1. The molecule has 1 aromatic heterocycles. The number of aromatic nitrogens is 1. The predicted octanol–water partition coefficient (Wildman–Crippen LogP) is 1.16. The minimum Gasteiger partial charge on any atom is -0.335 e. The Morgan fingerprint density at radius 2 is 2.24 bits per heavy atom. The molecular formula is C11H13N3O2S. The van der Waals surface area contributed by atoms with E-state index in [0.717, 1.165) is 17.9 Å². The highest BCUT2D eigenvalue weighted by atomic mass is 32.2. The number of hydrogen-bond donors (Lipinski definition) is 2. The summed E-state index contributed by atoms with van der Waals surface area (Å²) >= 11 is 1.30. The molecule has 1 heterocycles. The number of urea groups is 1. The summed E-state index contributed by atoms with van der Waals surface area (Å²) in [6, 6.07) is 5.34. The largest absolute Gasteiger partial charge is 0.335 e. The Morgan fingerprint density at radius 3 is 2.88 bits per heavy atom. The Hall–Kier alpha value is -1.56. The second kappa shape index (κ2) is 5.67. The molecule has 3 amide bonds. The summed E-state index contributed by atoms with van der Waals surface area (Å²) in [5.74, 6) is -0.117. The Morgan fingerprint density at radius 1 is 1.41 bits per heavy atom.